The van der Waals surface area contributed by atoms with Gasteiger partial charge in [-0.25, -0.2) is 4.98 Å². The third-order valence-electron chi connectivity index (χ3n) is 3.40. The molecule has 3 nitrogen and oxygen atoms in total. The highest BCUT2D eigenvalue weighted by Gasteiger charge is 2.23. The Balaban J connectivity index is 2.10. The number of thiazole rings is 1. The Hall–Kier alpha value is -0.450. The third kappa shape index (κ3) is 3.06. The van der Waals surface area contributed by atoms with Gasteiger partial charge >= 0.3 is 0 Å². The molecule has 0 aromatic carbocycles. The van der Waals surface area contributed by atoms with Gasteiger partial charge in [-0.2, -0.15) is 0 Å². The number of hydrogen-bond donors (Lipinski definition) is 1. The van der Waals surface area contributed by atoms with E-state index in [4.69, 9.17) is 4.98 Å². The zero-order chi connectivity index (χ0) is 12.3. The molecule has 2 rings (SSSR count). The number of nitrogens with one attached hydrogen (secondary N) is 1. The first-order valence-electron chi connectivity index (χ1n) is 6.62. The highest BCUT2D eigenvalue weighted by Crippen LogP contribution is 2.29. The minimum atomic E-state index is 0.523. The van der Waals surface area contributed by atoms with Crippen LogP contribution in [0, 0.1) is 0 Å². The minimum absolute atomic E-state index is 0.523. The monoisotopic (exact) mass is 253 g/mol. The molecule has 0 aliphatic carbocycles. The Morgan fingerprint density at radius 2 is 2.12 bits per heavy atom. The average molecular weight is 253 g/mol. The summed E-state index contributed by atoms with van der Waals surface area (Å²) in [5, 5.41) is 6.94. The normalized spacial score (nSPS) is 19.8. The van der Waals surface area contributed by atoms with Crippen LogP contribution in [-0.4, -0.2) is 36.1 Å². The first-order chi connectivity index (χ1) is 8.22. The smallest absolute Gasteiger partial charge is 0.110 e. The van der Waals surface area contributed by atoms with Crippen LogP contribution in [0.4, 0.5) is 0 Å². The molecule has 0 radical (unpaired) electrons. The van der Waals surface area contributed by atoms with Gasteiger partial charge in [-0.3, -0.25) is 4.90 Å². The van der Waals surface area contributed by atoms with Gasteiger partial charge in [-0.1, -0.05) is 20.8 Å². The van der Waals surface area contributed by atoms with Crippen molar-refractivity contribution in [3.63, 3.8) is 0 Å². The molecule has 2 heterocycles. The summed E-state index contributed by atoms with van der Waals surface area (Å²) in [6.07, 6.45) is 1.16. The van der Waals surface area contributed by atoms with E-state index in [2.05, 4.69) is 36.4 Å². The van der Waals surface area contributed by atoms with E-state index >= 15 is 0 Å². The van der Waals surface area contributed by atoms with Crippen LogP contribution in [0.3, 0.4) is 0 Å². The summed E-state index contributed by atoms with van der Waals surface area (Å²) in [5.74, 6) is 0.542. The Labute approximate surface area is 108 Å². The van der Waals surface area contributed by atoms with E-state index in [9.17, 15) is 0 Å². The highest BCUT2D eigenvalue weighted by atomic mass is 32.1. The van der Waals surface area contributed by atoms with Crippen LogP contribution in [-0.2, 0) is 0 Å². The lowest BCUT2D eigenvalue weighted by Gasteiger charge is -2.33. The van der Waals surface area contributed by atoms with Gasteiger partial charge in [0.1, 0.15) is 5.01 Å². The van der Waals surface area contributed by atoms with Crippen LogP contribution in [0.1, 0.15) is 49.9 Å². The van der Waals surface area contributed by atoms with Gasteiger partial charge in [0.2, 0.25) is 0 Å². The summed E-state index contributed by atoms with van der Waals surface area (Å²) in [4.78, 5) is 7.38. The predicted molar refractivity (Wildman–Crippen MR) is 73.7 cm³/mol. The summed E-state index contributed by atoms with van der Waals surface area (Å²) < 4.78 is 0. The van der Waals surface area contributed by atoms with E-state index < -0.39 is 0 Å². The molecule has 0 amide bonds. The molecule has 96 valence electrons. The van der Waals surface area contributed by atoms with Crippen molar-refractivity contribution in [3.8, 4) is 0 Å². The van der Waals surface area contributed by atoms with E-state index in [-0.39, 0.29) is 0 Å². The maximum absolute atomic E-state index is 4.81. The summed E-state index contributed by atoms with van der Waals surface area (Å²) in [6, 6.07) is 0.523. The molecule has 1 aromatic rings. The standard InChI is InChI=1S/C13H23N3S/c1-4-12(16-7-5-14-6-8-16)13-15-11(9-17-13)10(2)3/h9-10,12,14H,4-8H2,1-3H3. The van der Waals surface area contributed by atoms with Crippen LogP contribution in [0.25, 0.3) is 0 Å². The Morgan fingerprint density at radius 3 is 2.65 bits per heavy atom. The van der Waals surface area contributed by atoms with Crippen LogP contribution in [0.2, 0.25) is 0 Å². The van der Waals surface area contributed by atoms with Gasteiger partial charge in [-0.05, 0) is 12.3 Å². The average Bonchev–Trinajstić information content (AvgIpc) is 2.81. The quantitative estimate of drug-likeness (QED) is 0.894. The molecule has 1 aliphatic heterocycles. The van der Waals surface area contributed by atoms with Crippen molar-refractivity contribution in [2.75, 3.05) is 26.2 Å². The Bertz CT molecular complexity index is 342. The topological polar surface area (TPSA) is 28.2 Å². The zero-order valence-electron chi connectivity index (χ0n) is 11.1. The second-order valence-electron chi connectivity index (χ2n) is 4.98. The van der Waals surface area contributed by atoms with E-state index in [1.165, 1.54) is 10.7 Å². The fourth-order valence-corrected chi connectivity index (χ4v) is 3.50. The molecule has 1 saturated heterocycles. The fourth-order valence-electron chi connectivity index (χ4n) is 2.30. The number of piperazine rings is 1. The predicted octanol–water partition coefficient (Wildman–Crippen LogP) is 2.62. The molecule has 0 bridgehead atoms. The molecule has 1 aromatic heterocycles. The molecule has 1 aliphatic rings. The summed E-state index contributed by atoms with van der Waals surface area (Å²) >= 11 is 1.83. The molecule has 1 N–H and O–H groups in total. The fraction of sp³-hybridized carbons (Fsp3) is 0.769. The van der Waals surface area contributed by atoms with Crippen LogP contribution in [0.15, 0.2) is 5.38 Å². The molecule has 4 heteroatoms. The van der Waals surface area contributed by atoms with Crippen molar-refractivity contribution in [1.29, 1.82) is 0 Å². The van der Waals surface area contributed by atoms with E-state index in [0.29, 0.717) is 12.0 Å². The Morgan fingerprint density at radius 1 is 1.41 bits per heavy atom. The maximum Gasteiger partial charge on any atom is 0.110 e. The highest BCUT2D eigenvalue weighted by molar-refractivity contribution is 7.09. The van der Waals surface area contributed by atoms with E-state index in [0.717, 1.165) is 32.6 Å². The van der Waals surface area contributed by atoms with Crippen LogP contribution >= 0.6 is 11.3 Å². The first kappa shape index (κ1) is 13.0. The molecule has 1 fully saturated rings. The van der Waals surface area contributed by atoms with Crippen LogP contribution in [0.5, 0.6) is 0 Å². The minimum Gasteiger partial charge on any atom is -0.314 e. The molecular weight excluding hydrogens is 230 g/mol. The zero-order valence-corrected chi connectivity index (χ0v) is 11.9. The molecule has 0 spiro atoms. The molecule has 1 unspecified atom stereocenters. The van der Waals surface area contributed by atoms with Gasteiger partial charge in [0.05, 0.1) is 11.7 Å². The lowest BCUT2D eigenvalue weighted by molar-refractivity contribution is 0.169. The van der Waals surface area contributed by atoms with Crippen molar-refractivity contribution < 1.29 is 0 Å². The molecular formula is C13H23N3S. The van der Waals surface area contributed by atoms with Crippen molar-refractivity contribution in [1.82, 2.24) is 15.2 Å². The summed E-state index contributed by atoms with van der Waals surface area (Å²) in [7, 11) is 0. The largest absolute Gasteiger partial charge is 0.314 e. The SMILES string of the molecule is CCC(c1nc(C(C)C)cs1)N1CCNCC1. The summed E-state index contributed by atoms with van der Waals surface area (Å²) in [6.45, 7) is 11.2. The lowest BCUT2D eigenvalue weighted by atomic mass is 10.1. The number of hydrogen-bond acceptors (Lipinski definition) is 4. The van der Waals surface area contributed by atoms with Crippen molar-refractivity contribution in [2.24, 2.45) is 0 Å². The van der Waals surface area contributed by atoms with Crippen molar-refractivity contribution >= 4 is 11.3 Å². The van der Waals surface area contributed by atoms with Crippen molar-refractivity contribution in [2.45, 2.75) is 39.2 Å². The summed E-state index contributed by atoms with van der Waals surface area (Å²) in [5.41, 5.74) is 1.25. The third-order valence-corrected chi connectivity index (χ3v) is 4.36. The van der Waals surface area contributed by atoms with Gasteiger partial charge in [0.25, 0.3) is 0 Å². The number of rotatable bonds is 4. The van der Waals surface area contributed by atoms with Gasteiger partial charge in [-0.15, -0.1) is 11.3 Å². The molecule has 17 heavy (non-hydrogen) atoms. The number of nitrogens with zero attached hydrogens (tertiary/aromatic N) is 2. The molecule has 0 saturated carbocycles. The first-order valence-corrected chi connectivity index (χ1v) is 7.50. The van der Waals surface area contributed by atoms with Crippen molar-refractivity contribution in [3.05, 3.63) is 16.1 Å². The Kier molecular flexibility index (Phi) is 4.54. The van der Waals surface area contributed by atoms with Gasteiger partial charge in [0, 0.05) is 31.6 Å². The second-order valence-corrected chi connectivity index (χ2v) is 5.87. The van der Waals surface area contributed by atoms with Gasteiger partial charge in [0.15, 0.2) is 0 Å². The lowest BCUT2D eigenvalue weighted by Crippen LogP contribution is -2.45. The number of aromatic nitrogens is 1. The van der Waals surface area contributed by atoms with Crippen LogP contribution < -0.4 is 5.32 Å². The van der Waals surface area contributed by atoms with E-state index in [1.807, 2.05) is 11.3 Å². The second kappa shape index (κ2) is 5.94. The molecule has 1 atom stereocenters. The maximum atomic E-state index is 4.81. The van der Waals surface area contributed by atoms with E-state index in [1.54, 1.807) is 0 Å². The van der Waals surface area contributed by atoms with Gasteiger partial charge < -0.3 is 5.32 Å².